The average molecular weight is 727 g/mol. The van der Waals surface area contributed by atoms with Gasteiger partial charge in [-0.15, -0.1) is 0 Å². The number of allylic oxidation sites excluding steroid dienone is 2. The van der Waals surface area contributed by atoms with Gasteiger partial charge in [-0.05, 0) is 65.2 Å². The molecule has 1 aliphatic carbocycles. The number of carboxylic acid groups (broad SMARTS) is 1. The van der Waals surface area contributed by atoms with Crippen molar-refractivity contribution in [1.29, 1.82) is 0 Å². The molecule has 10 heteroatoms. The molecule has 1 unspecified atom stereocenters. The number of imidazole rings is 1. The number of para-hydroxylation sites is 2. The molecular weight excluding hydrogens is 697 g/mol. The molecule has 0 bridgehead atoms. The number of carbonyl (C=O) groups is 3. The number of aromatic nitrogens is 3. The molecule has 0 spiro atoms. The number of nitrogens with one attached hydrogen (secondary N) is 1. The van der Waals surface area contributed by atoms with Gasteiger partial charge in [0.05, 0.1) is 22.5 Å². The smallest absolute Gasteiger partial charge is 0.336 e. The van der Waals surface area contributed by atoms with Gasteiger partial charge in [-0.25, -0.2) is 14.8 Å². The number of hydrogen-bond donors (Lipinski definition) is 3. The van der Waals surface area contributed by atoms with E-state index in [-0.39, 0.29) is 28.8 Å². The molecule has 0 saturated heterocycles. The lowest BCUT2D eigenvalue weighted by Crippen LogP contribution is -2.19. The fourth-order valence-corrected chi connectivity index (χ4v) is 7.51. The second kappa shape index (κ2) is 14.5. The quantitative estimate of drug-likeness (QED) is 0.0991. The van der Waals surface area contributed by atoms with Crippen molar-refractivity contribution in [2.75, 3.05) is 5.32 Å². The van der Waals surface area contributed by atoms with Gasteiger partial charge >= 0.3 is 5.97 Å². The van der Waals surface area contributed by atoms with Crippen molar-refractivity contribution in [3.63, 3.8) is 0 Å². The number of hydrogen-bond acceptors (Lipinski definition) is 7. The van der Waals surface area contributed by atoms with E-state index in [4.69, 9.17) is 4.98 Å². The number of amides is 1. The molecule has 0 aliphatic heterocycles. The van der Waals surface area contributed by atoms with Gasteiger partial charge in [-0.2, -0.15) is 0 Å². The zero-order valence-electron chi connectivity index (χ0n) is 28.5. The fraction of sp³-hybridized carbons (Fsp3) is 0.0227. The zero-order valence-corrected chi connectivity index (χ0v) is 29.3. The molecule has 0 fully saturated rings. The Labute approximate surface area is 314 Å². The third kappa shape index (κ3) is 6.69. The van der Waals surface area contributed by atoms with E-state index in [0.29, 0.717) is 49.8 Å². The number of thioether (sulfide) groups is 1. The van der Waals surface area contributed by atoms with E-state index in [2.05, 4.69) is 10.3 Å². The minimum absolute atomic E-state index is 0.155. The van der Waals surface area contributed by atoms with Crippen molar-refractivity contribution in [1.82, 2.24) is 14.5 Å². The maximum atomic E-state index is 14.2. The third-order valence-corrected chi connectivity index (χ3v) is 10.2. The first-order valence-electron chi connectivity index (χ1n) is 17.0. The van der Waals surface area contributed by atoms with E-state index in [0.717, 1.165) is 11.1 Å². The highest BCUT2D eigenvalue weighted by molar-refractivity contribution is 8.00. The zero-order chi connectivity index (χ0) is 37.2. The summed E-state index contributed by atoms with van der Waals surface area (Å²) in [6.45, 7) is 0. The molecule has 1 atom stereocenters. The van der Waals surface area contributed by atoms with Gasteiger partial charge in [-0.1, -0.05) is 121 Å². The predicted octanol–water partition coefficient (Wildman–Crippen LogP) is 9.10. The van der Waals surface area contributed by atoms with E-state index >= 15 is 0 Å². The van der Waals surface area contributed by atoms with Gasteiger partial charge in [0.15, 0.2) is 10.9 Å². The number of fused-ring (bicyclic) bond motifs is 2. The van der Waals surface area contributed by atoms with Crippen LogP contribution in [0.3, 0.4) is 0 Å². The van der Waals surface area contributed by atoms with Crippen LogP contribution in [0, 0.1) is 0 Å². The molecule has 1 amide bonds. The monoisotopic (exact) mass is 726 g/mol. The molecule has 262 valence electrons. The molecule has 1 aliphatic rings. The van der Waals surface area contributed by atoms with Gasteiger partial charge in [0.25, 0.3) is 0 Å². The maximum Gasteiger partial charge on any atom is 0.336 e. The van der Waals surface area contributed by atoms with Gasteiger partial charge in [0, 0.05) is 22.2 Å². The Morgan fingerprint density at radius 1 is 0.778 bits per heavy atom. The van der Waals surface area contributed by atoms with Crippen LogP contribution in [-0.4, -0.2) is 42.4 Å². The summed E-state index contributed by atoms with van der Waals surface area (Å²) in [6.07, 6.45) is 4.86. The van der Waals surface area contributed by atoms with E-state index in [1.54, 1.807) is 65.3 Å². The Morgan fingerprint density at radius 3 is 2.22 bits per heavy atom. The summed E-state index contributed by atoms with van der Waals surface area (Å²) in [5, 5.41) is 24.6. The molecule has 8 rings (SSSR count). The average Bonchev–Trinajstić information content (AvgIpc) is 3.51. The number of anilines is 1. The highest BCUT2D eigenvalue weighted by atomic mass is 32.2. The van der Waals surface area contributed by atoms with Crippen LogP contribution in [0.5, 0.6) is 5.88 Å². The summed E-state index contributed by atoms with van der Waals surface area (Å²) in [5.41, 5.74) is 5.96. The molecule has 2 aromatic heterocycles. The summed E-state index contributed by atoms with van der Waals surface area (Å²) < 4.78 is 1.58. The number of carboxylic acids is 1. The molecule has 9 nitrogen and oxygen atoms in total. The maximum absolute atomic E-state index is 14.2. The number of carbonyl (C=O) groups excluding carboxylic acids is 2. The SMILES string of the molecule is O=C1C=Cc2ccccc2/C1=C/c1nc(SC(C(=O)Nc2ccc(-c3cc(C(=O)O)c4ccccc4n3)cc2)c2ccccc2)n(-c2ccccc2)c1O. The number of rotatable bonds is 9. The fourth-order valence-electron chi connectivity index (χ4n) is 6.39. The van der Waals surface area contributed by atoms with Crippen LogP contribution in [0.15, 0.2) is 151 Å². The Bertz CT molecular complexity index is 2630. The Morgan fingerprint density at radius 2 is 1.46 bits per heavy atom. The highest BCUT2D eigenvalue weighted by Gasteiger charge is 2.28. The summed E-state index contributed by atoms with van der Waals surface area (Å²) in [5.74, 6) is -1.76. The van der Waals surface area contributed by atoms with E-state index < -0.39 is 11.2 Å². The van der Waals surface area contributed by atoms with Crippen LogP contribution in [0.1, 0.15) is 38.0 Å². The van der Waals surface area contributed by atoms with Crippen LogP contribution in [0.25, 0.3) is 45.6 Å². The van der Waals surface area contributed by atoms with Gasteiger partial charge in [-0.3, -0.25) is 14.2 Å². The molecular formula is C44H30N4O5S. The first-order chi connectivity index (χ1) is 26.3. The van der Waals surface area contributed by atoms with E-state index in [1.807, 2.05) is 91.0 Å². The van der Waals surface area contributed by atoms with Crippen LogP contribution in [-0.2, 0) is 9.59 Å². The normalized spacial score (nSPS) is 13.5. The van der Waals surface area contributed by atoms with Crippen LogP contribution in [0.4, 0.5) is 5.69 Å². The van der Waals surface area contributed by atoms with Crippen molar-refractivity contribution in [2.45, 2.75) is 10.4 Å². The number of benzene rings is 5. The second-order valence-electron chi connectivity index (χ2n) is 12.5. The molecule has 7 aromatic rings. The Balaban J connectivity index is 1.13. The number of aromatic carboxylic acids is 1. The summed E-state index contributed by atoms with van der Waals surface area (Å²) >= 11 is 1.17. The molecule has 2 heterocycles. The number of ketones is 1. The molecule has 54 heavy (non-hydrogen) atoms. The summed E-state index contributed by atoms with van der Waals surface area (Å²) in [4.78, 5) is 48.8. The van der Waals surface area contributed by atoms with Crippen molar-refractivity contribution >= 4 is 63.7 Å². The number of aromatic hydroxyl groups is 1. The minimum Gasteiger partial charge on any atom is -0.493 e. The van der Waals surface area contributed by atoms with Crippen molar-refractivity contribution in [3.8, 4) is 22.8 Å². The van der Waals surface area contributed by atoms with Crippen LogP contribution in [0.2, 0.25) is 0 Å². The standard InChI is InChI=1S/C44H30N4O5S/c49-39-24-21-27-11-7-8-16-32(27)34(39)25-38-42(51)48(31-14-5-2-6-15-31)44(47-38)54-40(29-12-3-1-4-13-29)41(50)45-30-22-19-28(20-23-30)37-26-35(43(52)53)33-17-9-10-18-36(33)46-37/h1-26,40,51H,(H,45,50)(H,52,53)/b34-25-. The highest BCUT2D eigenvalue weighted by Crippen LogP contribution is 2.41. The number of pyridine rings is 1. The lowest BCUT2D eigenvalue weighted by Gasteiger charge is -2.18. The van der Waals surface area contributed by atoms with E-state index in [1.165, 1.54) is 17.8 Å². The summed E-state index contributed by atoms with van der Waals surface area (Å²) in [6, 6.07) is 41.7. The molecule has 0 saturated carbocycles. The molecule has 3 N–H and O–H groups in total. The largest absolute Gasteiger partial charge is 0.493 e. The lowest BCUT2D eigenvalue weighted by atomic mass is 9.91. The van der Waals surface area contributed by atoms with Crippen LogP contribution < -0.4 is 5.32 Å². The van der Waals surface area contributed by atoms with Crippen molar-refractivity contribution in [3.05, 3.63) is 174 Å². The Hall–Kier alpha value is -7.04. The van der Waals surface area contributed by atoms with Crippen molar-refractivity contribution in [2.24, 2.45) is 0 Å². The topological polar surface area (TPSA) is 134 Å². The number of nitrogens with zero attached hydrogens (tertiary/aromatic N) is 3. The third-order valence-electron chi connectivity index (χ3n) is 9.03. The summed E-state index contributed by atoms with van der Waals surface area (Å²) in [7, 11) is 0. The van der Waals surface area contributed by atoms with Crippen molar-refractivity contribution < 1.29 is 24.6 Å². The first kappa shape index (κ1) is 34.1. The van der Waals surface area contributed by atoms with Crippen LogP contribution >= 0.6 is 11.8 Å². The van der Waals surface area contributed by atoms with E-state index in [9.17, 15) is 24.6 Å². The minimum atomic E-state index is -1.04. The predicted molar refractivity (Wildman–Crippen MR) is 211 cm³/mol. The van der Waals surface area contributed by atoms with Gasteiger partial charge in [0.1, 0.15) is 10.9 Å². The second-order valence-corrected chi connectivity index (χ2v) is 13.5. The molecule has 0 radical (unpaired) electrons. The molecule has 5 aromatic carbocycles. The first-order valence-corrected chi connectivity index (χ1v) is 17.9. The Kier molecular flexibility index (Phi) is 9.17. The van der Waals surface area contributed by atoms with Gasteiger partial charge in [0.2, 0.25) is 11.8 Å². The van der Waals surface area contributed by atoms with Gasteiger partial charge < -0.3 is 15.5 Å². The lowest BCUT2D eigenvalue weighted by molar-refractivity contribution is -0.115.